The lowest BCUT2D eigenvalue weighted by Gasteiger charge is -2.13. The van der Waals surface area contributed by atoms with E-state index in [9.17, 15) is 35.2 Å². The first-order valence-corrected chi connectivity index (χ1v) is 7.95. The number of methoxy groups -OCH3 is 1. The second-order valence-corrected chi connectivity index (χ2v) is 6.34. The van der Waals surface area contributed by atoms with Crippen molar-refractivity contribution in [1.82, 2.24) is 0 Å². The third-order valence-electron chi connectivity index (χ3n) is 3.11. The van der Waals surface area contributed by atoms with Crippen LogP contribution < -0.4 is 9.46 Å². The summed E-state index contributed by atoms with van der Waals surface area (Å²) in [5, 5.41) is 8.86. The molecule has 0 saturated carbocycles. The van der Waals surface area contributed by atoms with Crippen molar-refractivity contribution in [2.75, 3.05) is 11.8 Å². The lowest BCUT2D eigenvalue weighted by atomic mass is 10.2. The van der Waals surface area contributed by atoms with E-state index in [2.05, 4.69) is 4.74 Å². The number of anilines is 1. The van der Waals surface area contributed by atoms with Crippen molar-refractivity contribution >= 4 is 21.7 Å². The SMILES string of the molecule is COc1ccc(NS(=O)(=O)c2c(F)c(F)c(F)c(F)c2C(=O)O)cc1F. The first kappa shape index (κ1) is 19.4. The molecule has 0 aromatic heterocycles. The average molecular weight is 397 g/mol. The van der Waals surface area contributed by atoms with Gasteiger partial charge < -0.3 is 9.84 Å². The van der Waals surface area contributed by atoms with Gasteiger partial charge in [-0.25, -0.2) is 35.2 Å². The standard InChI is InChI=1S/C14H8F5NO5S/c1-25-7-3-2-5(4-6(7)15)20-26(23,24)13-8(14(21)22)9(16)10(17)11(18)12(13)19/h2-4,20H,1H3,(H,21,22). The number of sulfonamides is 1. The van der Waals surface area contributed by atoms with E-state index >= 15 is 0 Å². The van der Waals surface area contributed by atoms with E-state index in [4.69, 9.17) is 5.11 Å². The average Bonchev–Trinajstić information content (AvgIpc) is 2.55. The number of aromatic carboxylic acids is 1. The van der Waals surface area contributed by atoms with Crippen molar-refractivity contribution in [2.24, 2.45) is 0 Å². The zero-order chi connectivity index (χ0) is 19.8. The van der Waals surface area contributed by atoms with Gasteiger partial charge in [-0.1, -0.05) is 0 Å². The maximum atomic E-state index is 13.9. The molecule has 0 aliphatic rings. The summed E-state index contributed by atoms with van der Waals surface area (Å²) in [4.78, 5) is 9.06. The zero-order valence-electron chi connectivity index (χ0n) is 12.6. The molecule has 26 heavy (non-hydrogen) atoms. The first-order valence-electron chi connectivity index (χ1n) is 6.46. The summed E-state index contributed by atoms with van der Waals surface area (Å²) in [6, 6.07) is 2.52. The van der Waals surface area contributed by atoms with Crippen LogP contribution in [0, 0.1) is 29.1 Å². The highest BCUT2D eigenvalue weighted by atomic mass is 32.2. The molecule has 0 bridgehead atoms. The monoisotopic (exact) mass is 397 g/mol. The fourth-order valence-electron chi connectivity index (χ4n) is 1.99. The maximum Gasteiger partial charge on any atom is 0.340 e. The minimum Gasteiger partial charge on any atom is -0.494 e. The molecule has 0 fully saturated rings. The third-order valence-corrected chi connectivity index (χ3v) is 4.54. The number of carbonyl (C=O) groups is 1. The van der Waals surface area contributed by atoms with Gasteiger partial charge in [-0.05, 0) is 12.1 Å². The summed E-state index contributed by atoms with van der Waals surface area (Å²) in [6.45, 7) is 0. The molecule has 2 aromatic rings. The van der Waals surface area contributed by atoms with Crippen molar-refractivity contribution in [3.05, 3.63) is 52.8 Å². The Labute approximate surface area is 142 Å². The Morgan fingerprint density at radius 1 is 1.04 bits per heavy atom. The van der Waals surface area contributed by atoms with E-state index < -0.39 is 61.2 Å². The van der Waals surface area contributed by atoms with E-state index in [0.29, 0.717) is 6.07 Å². The summed E-state index contributed by atoms with van der Waals surface area (Å²) in [5.74, 6) is -13.5. The van der Waals surface area contributed by atoms with Crippen LogP contribution >= 0.6 is 0 Å². The largest absolute Gasteiger partial charge is 0.494 e. The normalized spacial score (nSPS) is 11.3. The van der Waals surface area contributed by atoms with E-state index in [1.807, 2.05) is 0 Å². The number of halogens is 5. The van der Waals surface area contributed by atoms with Crippen LogP contribution in [0.15, 0.2) is 23.1 Å². The van der Waals surface area contributed by atoms with Crippen molar-refractivity contribution in [3.63, 3.8) is 0 Å². The summed E-state index contributed by atoms with van der Waals surface area (Å²) >= 11 is 0. The topological polar surface area (TPSA) is 92.7 Å². The van der Waals surface area contributed by atoms with Gasteiger partial charge in [0.1, 0.15) is 10.5 Å². The second kappa shape index (κ2) is 6.78. The van der Waals surface area contributed by atoms with E-state index in [1.165, 1.54) is 0 Å². The number of rotatable bonds is 5. The Morgan fingerprint density at radius 2 is 1.62 bits per heavy atom. The Kier molecular flexibility index (Phi) is 5.07. The quantitative estimate of drug-likeness (QED) is 0.460. The molecule has 0 aliphatic carbocycles. The highest BCUT2D eigenvalue weighted by molar-refractivity contribution is 7.92. The van der Waals surface area contributed by atoms with E-state index in [0.717, 1.165) is 19.2 Å². The summed E-state index contributed by atoms with van der Waals surface area (Å²) in [5.41, 5.74) is -2.48. The fourth-order valence-corrected chi connectivity index (χ4v) is 3.30. The van der Waals surface area contributed by atoms with Gasteiger partial charge in [0.25, 0.3) is 10.0 Å². The van der Waals surface area contributed by atoms with Crippen LogP contribution in [0.25, 0.3) is 0 Å². The molecule has 0 amide bonds. The Bertz CT molecular complexity index is 1010. The van der Waals surface area contributed by atoms with Crippen molar-refractivity contribution in [1.29, 1.82) is 0 Å². The second-order valence-electron chi connectivity index (χ2n) is 4.72. The van der Waals surface area contributed by atoms with E-state index in [1.54, 1.807) is 4.72 Å². The molecular weight excluding hydrogens is 389 g/mol. The lowest BCUT2D eigenvalue weighted by Crippen LogP contribution is -2.22. The molecule has 2 aromatic carbocycles. The van der Waals surface area contributed by atoms with Crippen LogP contribution in [-0.4, -0.2) is 26.6 Å². The van der Waals surface area contributed by atoms with Gasteiger partial charge in [-0.2, -0.15) is 0 Å². The highest BCUT2D eigenvalue weighted by Gasteiger charge is 2.36. The molecule has 2 N–H and O–H groups in total. The number of hydrogen-bond acceptors (Lipinski definition) is 4. The number of benzene rings is 2. The first-order chi connectivity index (χ1) is 12.0. The van der Waals surface area contributed by atoms with Crippen molar-refractivity contribution in [2.45, 2.75) is 4.90 Å². The van der Waals surface area contributed by atoms with Crippen LogP contribution in [-0.2, 0) is 10.0 Å². The maximum absolute atomic E-state index is 13.9. The number of nitrogens with one attached hydrogen (secondary N) is 1. The molecule has 140 valence electrons. The predicted molar refractivity (Wildman–Crippen MR) is 77.0 cm³/mol. The van der Waals surface area contributed by atoms with Crippen LogP contribution in [0.4, 0.5) is 27.6 Å². The molecule has 0 aliphatic heterocycles. The Balaban J connectivity index is 2.66. The molecule has 12 heteroatoms. The molecule has 0 saturated heterocycles. The molecule has 0 heterocycles. The van der Waals surface area contributed by atoms with Gasteiger partial charge in [0.05, 0.1) is 12.8 Å². The van der Waals surface area contributed by atoms with Crippen molar-refractivity contribution in [3.8, 4) is 5.75 Å². The molecule has 0 unspecified atom stereocenters. The smallest absolute Gasteiger partial charge is 0.340 e. The molecular formula is C14H8F5NO5S. The molecule has 0 atom stereocenters. The van der Waals surface area contributed by atoms with Crippen LogP contribution in [0.2, 0.25) is 0 Å². The zero-order valence-corrected chi connectivity index (χ0v) is 13.4. The lowest BCUT2D eigenvalue weighted by molar-refractivity contribution is 0.0684. The molecule has 0 radical (unpaired) electrons. The predicted octanol–water partition coefficient (Wildman–Crippen LogP) is 2.89. The van der Waals surface area contributed by atoms with Crippen LogP contribution in [0.5, 0.6) is 5.75 Å². The summed E-state index contributed by atoms with van der Waals surface area (Å²) in [6.07, 6.45) is 0. The van der Waals surface area contributed by atoms with Crippen LogP contribution in [0.3, 0.4) is 0 Å². The minimum absolute atomic E-state index is 0.274. The van der Waals surface area contributed by atoms with Gasteiger partial charge in [-0.3, -0.25) is 4.72 Å². The third kappa shape index (κ3) is 3.27. The number of hydrogen-bond donors (Lipinski definition) is 2. The van der Waals surface area contributed by atoms with Gasteiger partial charge in [-0.15, -0.1) is 0 Å². The molecule has 6 nitrogen and oxygen atoms in total. The van der Waals surface area contributed by atoms with Gasteiger partial charge in [0, 0.05) is 6.07 Å². The summed E-state index contributed by atoms with van der Waals surface area (Å²) < 4.78 is 98.3. The summed E-state index contributed by atoms with van der Waals surface area (Å²) in [7, 11) is -4.15. The molecule has 0 spiro atoms. The molecule has 2 rings (SSSR count). The number of carboxylic acid groups (broad SMARTS) is 1. The van der Waals surface area contributed by atoms with Gasteiger partial charge in [0.2, 0.25) is 0 Å². The Morgan fingerprint density at radius 3 is 2.12 bits per heavy atom. The van der Waals surface area contributed by atoms with Gasteiger partial charge in [0.15, 0.2) is 34.8 Å². The number of ether oxygens (including phenoxy) is 1. The fraction of sp³-hybridized carbons (Fsp3) is 0.0714. The highest BCUT2D eigenvalue weighted by Crippen LogP contribution is 2.30. The Hall–Kier alpha value is -2.89. The van der Waals surface area contributed by atoms with Crippen LogP contribution in [0.1, 0.15) is 10.4 Å². The van der Waals surface area contributed by atoms with Crippen molar-refractivity contribution < 1.29 is 45.0 Å². The van der Waals surface area contributed by atoms with E-state index in [-0.39, 0.29) is 5.75 Å². The minimum atomic E-state index is -5.28. The van der Waals surface area contributed by atoms with Gasteiger partial charge >= 0.3 is 5.97 Å². The number of carboxylic acids is 1.